The van der Waals surface area contributed by atoms with Crippen LogP contribution >= 0.6 is 0 Å². The lowest BCUT2D eigenvalue weighted by atomic mass is 10.2. The molecule has 0 unspecified atom stereocenters. The SMILES string of the molecule is Cc1ccc(OCC(=O)Oc2ccc(C(=O)OCc3ccccc3)cc2)cc1. The molecule has 0 bridgehead atoms. The quantitative estimate of drug-likeness (QED) is 0.453. The van der Waals surface area contributed by atoms with Gasteiger partial charge in [-0.3, -0.25) is 0 Å². The summed E-state index contributed by atoms with van der Waals surface area (Å²) in [5, 5.41) is 0. The smallest absolute Gasteiger partial charge is 0.349 e. The summed E-state index contributed by atoms with van der Waals surface area (Å²) in [5.41, 5.74) is 2.40. The summed E-state index contributed by atoms with van der Waals surface area (Å²) in [5.74, 6) is -0.0411. The van der Waals surface area contributed by atoms with Crippen molar-refractivity contribution in [1.82, 2.24) is 0 Å². The van der Waals surface area contributed by atoms with Crippen molar-refractivity contribution in [3.63, 3.8) is 0 Å². The normalized spacial score (nSPS) is 10.2. The van der Waals surface area contributed by atoms with E-state index >= 15 is 0 Å². The third-order valence-corrected chi connectivity index (χ3v) is 3.91. The van der Waals surface area contributed by atoms with Crippen LogP contribution in [-0.4, -0.2) is 18.5 Å². The van der Waals surface area contributed by atoms with Gasteiger partial charge in [0.2, 0.25) is 0 Å². The van der Waals surface area contributed by atoms with Crippen LogP contribution < -0.4 is 9.47 Å². The van der Waals surface area contributed by atoms with E-state index in [0.29, 0.717) is 17.1 Å². The number of carbonyl (C=O) groups is 2. The molecule has 0 amide bonds. The number of ether oxygens (including phenoxy) is 3. The van der Waals surface area contributed by atoms with Crippen molar-refractivity contribution >= 4 is 11.9 Å². The van der Waals surface area contributed by atoms with Crippen LogP contribution in [0.2, 0.25) is 0 Å². The molecule has 0 radical (unpaired) electrons. The minimum Gasteiger partial charge on any atom is -0.482 e. The van der Waals surface area contributed by atoms with E-state index in [0.717, 1.165) is 11.1 Å². The van der Waals surface area contributed by atoms with Crippen LogP contribution in [-0.2, 0) is 16.1 Å². The summed E-state index contributed by atoms with van der Waals surface area (Å²) in [6, 6.07) is 23.0. The highest BCUT2D eigenvalue weighted by molar-refractivity contribution is 5.89. The van der Waals surface area contributed by atoms with E-state index in [9.17, 15) is 9.59 Å². The average Bonchev–Trinajstić information content (AvgIpc) is 2.73. The van der Waals surface area contributed by atoms with Crippen molar-refractivity contribution in [1.29, 1.82) is 0 Å². The van der Waals surface area contributed by atoms with Gasteiger partial charge < -0.3 is 14.2 Å². The molecule has 3 aromatic rings. The molecule has 0 N–H and O–H groups in total. The highest BCUT2D eigenvalue weighted by atomic mass is 16.6. The Balaban J connectivity index is 1.47. The first-order valence-corrected chi connectivity index (χ1v) is 8.81. The number of benzene rings is 3. The average molecular weight is 376 g/mol. The fraction of sp³-hybridized carbons (Fsp3) is 0.130. The largest absolute Gasteiger partial charge is 0.482 e. The van der Waals surface area contributed by atoms with E-state index in [1.807, 2.05) is 49.4 Å². The lowest BCUT2D eigenvalue weighted by molar-refractivity contribution is -0.136. The van der Waals surface area contributed by atoms with E-state index in [-0.39, 0.29) is 13.2 Å². The Morgan fingerprint density at radius 2 is 1.43 bits per heavy atom. The number of carbonyl (C=O) groups excluding carboxylic acids is 2. The molecule has 0 aliphatic heterocycles. The molecule has 0 atom stereocenters. The maximum atomic E-state index is 12.1. The number of esters is 2. The van der Waals surface area contributed by atoms with E-state index in [2.05, 4.69) is 0 Å². The van der Waals surface area contributed by atoms with Gasteiger partial charge in [-0.1, -0.05) is 48.0 Å². The molecule has 0 aromatic heterocycles. The van der Waals surface area contributed by atoms with E-state index in [4.69, 9.17) is 14.2 Å². The Morgan fingerprint density at radius 3 is 2.11 bits per heavy atom. The second-order valence-electron chi connectivity index (χ2n) is 6.16. The third-order valence-electron chi connectivity index (χ3n) is 3.91. The molecule has 0 saturated carbocycles. The van der Waals surface area contributed by atoms with Gasteiger partial charge in [-0.15, -0.1) is 0 Å². The van der Waals surface area contributed by atoms with E-state index < -0.39 is 11.9 Å². The Labute approximate surface area is 163 Å². The lowest BCUT2D eigenvalue weighted by Gasteiger charge is -2.08. The topological polar surface area (TPSA) is 61.8 Å². The van der Waals surface area contributed by atoms with Crippen molar-refractivity contribution in [3.8, 4) is 11.5 Å². The van der Waals surface area contributed by atoms with Crippen LogP contribution in [0.4, 0.5) is 0 Å². The monoisotopic (exact) mass is 376 g/mol. The molecular formula is C23H20O5. The number of hydrogen-bond acceptors (Lipinski definition) is 5. The Bertz CT molecular complexity index is 915. The summed E-state index contributed by atoms with van der Waals surface area (Å²) in [6.07, 6.45) is 0. The van der Waals surface area contributed by atoms with Crippen molar-refractivity contribution in [2.75, 3.05) is 6.61 Å². The number of rotatable bonds is 7. The van der Waals surface area contributed by atoms with Crippen molar-refractivity contribution in [2.45, 2.75) is 13.5 Å². The fourth-order valence-electron chi connectivity index (χ4n) is 2.40. The Hall–Kier alpha value is -3.60. The van der Waals surface area contributed by atoms with Crippen LogP contribution in [0.25, 0.3) is 0 Å². The number of hydrogen-bond donors (Lipinski definition) is 0. The van der Waals surface area contributed by atoms with Gasteiger partial charge in [-0.05, 0) is 48.9 Å². The van der Waals surface area contributed by atoms with Crippen molar-refractivity contribution in [3.05, 3.63) is 95.6 Å². The first-order chi connectivity index (χ1) is 13.6. The maximum Gasteiger partial charge on any atom is 0.349 e. The van der Waals surface area contributed by atoms with Gasteiger partial charge >= 0.3 is 11.9 Å². The molecule has 0 fully saturated rings. The number of aryl methyl sites for hydroxylation is 1. The molecule has 142 valence electrons. The standard InChI is InChI=1S/C23H20O5/c1-17-7-11-20(12-8-17)26-16-22(24)28-21-13-9-19(10-14-21)23(25)27-15-18-5-3-2-4-6-18/h2-14H,15-16H2,1H3. The molecule has 5 heteroatoms. The summed E-state index contributed by atoms with van der Waals surface area (Å²) < 4.78 is 15.9. The molecule has 0 aliphatic rings. The summed E-state index contributed by atoms with van der Waals surface area (Å²) in [4.78, 5) is 24.0. The second-order valence-corrected chi connectivity index (χ2v) is 6.16. The minimum atomic E-state index is -0.528. The minimum absolute atomic E-state index is 0.201. The predicted octanol–water partition coefficient (Wildman–Crippen LogP) is 4.34. The zero-order valence-corrected chi connectivity index (χ0v) is 15.5. The molecule has 0 heterocycles. The summed E-state index contributed by atoms with van der Waals surface area (Å²) in [6.45, 7) is 1.97. The van der Waals surface area contributed by atoms with Gasteiger partial charge in [0.05, 0.1) is 5.56 Å². The maximum absolute atomic E-state index is 12.1. The zero-order chi connectivity index (χ0) is 19.8. The first kappa shape index (κ1) is 19.2. The van der Waals surface area contributed by atoms with Crippen LogP contribution in [0.15, 0.2) is 78.9 Å². The van der Waals surface area contributed by atoms with Crippen molar-refractivity contribution < 1.29 is 23.8 Å². The highest BCUT2D eigenvalue weighted by Gasteiger charge is 2.10. The van der Waals surface area contributed by atoms with Gasteiger partial charge in [0.25, 0.3) is 0 Å². The molecule has 0 saturated heterocycles. The first-order valence-electron chi connectivity index (χ1n) is 8.81. The lowest BCUT2D eigenvalue weighted by Crippen LogP contribution is -2.17. The third kappa shape index (κ3) is 5.71. The molecule has 3 rings (SSSR count). The Kier molecular flexibility index (Phi) is 6.41. The molecule has 0 spiro atoms. The molecule has 0 aliphatic carbocycles. The van der Waals surface area contributed by atoms with Gasteiger partial charge in [-0.25, -0.2) is 9.59 Å². The van der Waals surface area contributed by atoms with E-state index in [1.54, 1.807) is 36.4 Å². The van der Waals surface area contributed by atoms with Crippen LogP contribution in [0.5, 0.6) is 11.5 Å². The summed E-state index contributed by atoms with van der Waals surface area (Å²) in [7, 11) is 0. The summed E-state index contributed by atoms with van der Waals surface area (Å²) >= 11 is 0. The van der Waals surface area contributed by atoms with Crippen LogP contribution in [0.1, 0.15) is 21.5 Å². The van der Waals surface area contributed by atoms with Crippen LogP contribution in [0.3, 0.4) is 0 Å². The van der Waals surface area contributed by atoms with E-state index in [1.165, 1.54) is 0 Å². The fourth-order valence-corrected chi connectivity index (χ4v) is 2.40. The van der Waals surface area contributed by atoms with Gasteiger partial charge in [0.1, 0.15) is 18.1 Å². The molecule has 3 aromatic carbocycles. The van der Waals surface area contributed by atoms with Crippen molar-refractivity contribution in [2.24, 2.45) is 0 Å². The zero-order valence-electron chi connectivity index (χ0n) is 15.5. The molecule has 5 nitrogen and oxygen atoms in total. The highest BCUT2D eigenvalue weighted by Crippen LogP contribution is 2.15. The predicted molar refractivity (Wildman–Crippen MR) is 104 cm³/mol. The Morgan fingerprint density at radius 1 is 0.786 bits per heavy atom. The van der Waals surface area contributed by atoms with Crippen LogP contribution in [0, 0.1) is 6.92 Å². The molecule has 28 heavy (non-hydrogen) atoms. The second kappa shape index (κ2) is 9.37. The van der Waals surface area contributed by atoms with Gasteiger partial charge in [0, 0.05) is 0 Å². The van der Waals surface area contributed by atoms with Gasteiger partial charge in [0.15, 0.2) is 6.61 Å². The van der Waals surface area contributed by atoms with Gasteiger partial charge in [-0.2, -0.15) is 0 Å². The molecular weight excluding hydrogens is 356 g/mol.